The molecule has 5 nitrogen and oxygen atoms in total. The van der Waals surface area contributed by atoms with Crippen LogP contribution < -0.4 is 10.1 Å². The Morgan fingerprint density at radius 2 is 2.04 bits per heavy atom. The van der Waals surface area contributed by atoms with Crippen LogP contribution >= 0.6 is 0 Å². The summed E-state index contributed by atoms with van der Waals surface area (Å²) < 4.78 is 11.3. The molecule has 0 aliphatic heterocycles. The van der Waals surface area contributed by atoms with Crippen molar-refractivity contribution in [2.24, 2.45) is 0 Å². The number of carbonyl (C=O) groups excluding carboxylic acids is 1. The maximum Gasteiger partial charge on any atom is 0.256 e. The summed E-state index contributed by atoms with van der Waals surface area (Å²) in [4.78, 5) is 16.8. The Labute approximate surface area is 139 Å². The van der Waals surface area contributed by atoms with Gasteiger partial charge in [0.15, 0.2) is 0 Å². The Balaban J connectivity index is 2.76. The highest BCUT2D eigenvalue weighted by atomic mass is 16.5. The van der Waals surface area contributed by atoms with Gasteiger partial charge in [-0.05, 0) is 39.7 Å². The SMILES string of the molecule is CCCCOc1ncc(NC(=O)[C@](C)(CCC)OCC)cc1C. The highest BCUT2D eigenvalue weighted by molar-refractivity contribution is 5.97. The van der Waals surface area contributed by atoms with Crippen molar-refractivity contribution in [2.45, 2.75) is 65.9 Å². The molecule has 0 spiro atoms. The normalized spacial score (nSPS) is 13.4. The van der Waals surface area contributed by atoms with Gasteiger partial charge in [-0.2, -0.15) is 0 Å². The van der Waals surface area contributed by atoms with Crippen LogP contribution in [0, 0.1) is 6.92 Å². The van der Waals surface area contributed by atoms with E-state index in [0.717, 1.165) is 24.8 Å². The van der Waals surface area contributed by atoms with E-state index in [1.807, 2.05) is 33.8 Å². The number of carbonyl (C=O) groups is 1. The average Bonchev–Trinajstić information content (AvgIpc) is 2.50. The molecule has 1 amide bonds. The molecule has 0 saturated heterocycles. The second-order valence-corrected chi connectivity index (χ2v) is 5.92. The lowest BCUT2D eigenvalue weighted by Crippen LogP contribution is -2.42. The van der Waals surface area contributed by atoms with E-state index in [4.69, 9.17) is 9.47 Å². The number of aromatic nitrogens is 1. The molecule has 0 saturated carbocycles. The van der Waals surface area contributed by atoms with Crippen LogP contribution in [0.4, 0.5) is 5.69 Å². The van der Waals surface area contributed by atoms with Crippen molar-refractivity contribution < 1.29 is 14.3 Å². The van der Waals surface area contributed by atoms with Gasteiger partial charge in [-0.1, -0.05) is 26.7 Å². The smallest absolute Gasteiger partial charge is 0.256 e. The van der Waals surface area contributed by atoms with Gasteiger partial charge in [0, 0.05) is 12.2 Å². The van der Waals surface area contributed by atoms with Crippen LogP contribution in [0.25, 0.3) is 0 Å². The largest absolute Gasteiger partial charge is 0.477 e. The quantitative estimate of drug-likeness (QED) is 0.659. The highest BCUT2D eigenvalue weighted by Crippen LogP contribution is 2.23. The van der Waals surface area contributed by atoms with Crippen LogP contribution in [0.3, 0.4) is 0 Å². The van der Waals surface area contributed by atoms with Crippen LogP contribution in [0.5, 0.6) is 5.88 Å². The summed E-state index contributed by atoms with van der Waals surface area (Å²) in [5, 5.41) is 2.91. The van der Waals surface area contributed by atoms with Crippen molar-refractivity contribution in [3.05, 3.63) is 17.8 Å². The number of anilines is 1. The summed E-state index contributed by atoms with van der Waals surface area (Å²) in [7, 11) is 0. The molecule has 1 atom stereocenters. The highest BCUT2D eigenvalue weighted by Gasteiger charge is 2.33. The van der Waals surface area contributed by atoms with Crippen molar-refractivity contribution in [3.63, 3.8) is 0 Å². The minimum Gasteiger partial charge on any atom is -0.477 e. The van der Waals surface area contributed by atoms with Crippen LogP contribution in [-0.4, -0.2) is 29.7 Å². The Kier molecular flexibility index (Phi) is 8.03. The zero-order chi connectivity index (χ0) is 17.3. The van der Waals surface area contributed by atoms with Crippen LogP contribution in [0.2, 0.25) is 0 Å². The molecule has 0 radical (unpaired) electrons. The maximum atomic E-state index is 12.5. The second kappa shape index (κ2) is 9.50. The molecule has 23 heavy (non-hydrogen) atoms. The Bertz CT molecular complexity index is 497. The third kappa shape index (κ3) is 5.82. The molecule has 0 aromatic carbocycles. The predicted molar refractivity (Wildman–Crippen MR) is 92.9 cm³/mol. The lowest BCUT2D eigenvalue weighted by molar-refractivity contribution is -0.139. The average molecular weight is 322 g/mol. The van der Waals surface area contributed by atoms with Crippen molar-refractivity contribution in [2.75, 3.05) is 18.5 Å². The topological polar surface area (TPSA) is 60.5 Å². The molecule has 0 aliphatic carbocycles. The van der Waals surface area contributed by atoms with Gasteiger partial charge < -0.3 is 14.8 Å². The van der Waals surface area contributed by atoms with Gasteiger partial charge in [0.2, 0.25) is 5.88 Å². The van der Waals surface area contributed by atoms with Crippen molar-refractivity contribution >= 4 is 11.6 Å². The Morgan fingerprint density at radius 1 is 1.30 bits per heavy atom. The summed E-state index contributed by atoms with van der Waals surface area (Å²) in [6.45, 7) is 11.0. The molecule has 1 heterocycles. The molecule has 1 aromatic rings. The van der Waals surface area contributed by atoms with Gasteiger partial charge in [-0.15, -0.1) is 0 Å². The number of ether oxygens (including phenoxy) is 2. The number of pyridine rings is 1. The van der Waals surface area contributed by atoms with Crippen LogP contribution in [0.1, 0.15) is 58.9 Å². The van der Waals surface area contributed by atoms with E-state index in [-0.39, 0.29) is 5.91 Å². The maximum absolute atomic E-state index is 12.5. The van der Waals surface area contributed by atoms with Crippen molar-refractivity contribution in [3.8, 4) is 5.88 Å². The van der Waals surface area contributed by atoms with E-state index < -0.39 is 5.60 Å². The van der Waals surface area contributed by atoms with Gasteiger partial charge in [-0.25, -0.2) is 4.98 Å². The van der Waals surface area contributed by atoms with E-state index in [1.54, 1.807) is 6.20 Å². The van der Waals surface area contributed by atoms with E-state index in [0.29, 0.717) is 31.2 Å². The number of hydrogen-bond acceptors (Lipinski definition) is 4. The van der Waals surface area contributed by atoms with E-state index in [1.165, 1.54) is 0 Å². The second-order valence-electron chi connectivity index (χ2n) is 5.92. The molecule has 0 fully saturated rings. The number of nitrogens with zero attached hydrogens (tertiary/aromatic N) is 1. The van der Waals surface area contributed by atoms with Crippen LogP contribution in [-0.2, 0) is 9.53 Å². The van der Waals surface area contributed by atoms with Gasteiger partial charge in [-0.3, -0.25) is 4.79 Å². The molecule has 1 N–H and O–H groups in total. The molecular formula is C18H30N2O3. The number of nitrogens with one attached hydrogen (secondary N) is 1. The fourth-order valence-electron chi connectivity index (χ4n) is 2.41. The molecule has 130 valence electrons. The molecule has 1 aromatic heterocycles. The lowest BCUT2D eigenvalue weighted by Gasteiger charge is -2.27. The van der Waals surface area contributed by atoms with Gasteiger partial charge >= 0.3 is 0 Å². The number of hydrogen-bond donors (Lipinski definition) is 1. The zero-order valence-electron chi connectivity index (χ0n) is 15.1. The summed E-state index contributed by atoms with van der Waals surface area (Å²) in [6.07, 6.45) is 5.27. The van der Waals surface area contributed by atoms with E-state index >= 15 is 0 Å². The first kappa shape index (κ1) is 19.4. The van der Waals surface area contributed by atoms with Gasteiger partial charge in [0.1, 0.15) is 5.60 Å². The first-order valence-corrected chi connectivity index (χ1v) is 8.51. The molecule has 0 aliphatic rings. The number of amides is 1. The molecule has 1 rings (SSSR count). The number of unbranched alkanes of at least 4 members (excludes halogenated alkanes) is 1. The van der Waals surface area contributed by atoms with Crippen molar-refractivity contribution in [1.82, 2.24) is 4.98 Å². The molecule has 0 bridgehead atoms. The fraction of sp³-hybridized carbons (Fsp3) is 0.667. The number of aryl methyl sites for hydroxylation is 1. The first-order valence-electron chi connectivity index (χ1n) is 8.51. The molecule has 0 unspecified atom stereocenters. The number of rotatable bonds is 10. The fourth-order valence-corrected chi connectivity index (χ4v) is 2.41. The summed E-state index contributed by atoms with van der Waals surface area (Å²) in [5.41, 5.74) is 0.762. The van der Waals surface area contributed by atoms with Gasteiger partial charge in [0.05, 0.1) is 18.5 Å². The summed E-state index contributed by atoms with van der Waals surface area (Å²) in [6, 6.07) is 1.88. The minimum absolute atomic E-state index is 0.137. The van der Waals surface area contributed by atoms with E-state index in [9.17, 15) is 4.79 Å². The van der Waals surface area contributed by atoms with Crippen molar-refractivity contribution in [1.29, 1.82) is 0 Å². The summed E-state index contributed by atoms with van der Waals surface area (Å²) in [5.74, 6) is 0.486. The third-order valence-corrected chi connectivity index (χ3v) is 3.70. The monoisotopic (exact) mass is 322 g/mol. The molecule has 5 heteroatoms. The zero-order valence-corrected chi connectivity index (χ0v) is 15.1. The Morgan fingerprint density at radius 3 is 2.61 bits per heavy atom. The Hall–Kier alpha value is -1.62. The minimum atomic E-state index is -0.812. The third-order valence-electron chi connectivity index (χ3n) is 3.70. The van der Waals surface area contributed by atoms with Gasteiger partial charge in [0.25, 0.3) is 5.91 Å². The summed E-state index contributed by atoms with van der Waals surface area (Å²) >= 11 is 0. The standard InChI is InChI=1S/C18H30N2O3/c1-6-9-11-22-16-14(4)12-15(13-19-16)20-17(21)18(5,10-7-2)23-8-3/h12-13H,6-11H2,1-5H3,(H,20,21)/t18-/m0/s1. The predicted octanol–water partition coefficient (Wildman–Crippen LogP) is 4.10. The first-order chi connectivity index (χ1) is 11.0. The lowest BCUT2D eigenvalue weighted by atomic mass is 9.99. The molecular weight excluding hydrogens is 292 g/mol. The van der Waals surface area contributed by atoms with Crippen LogP contribution in [0.15, 0.2) is 12.3 Å². The van der Waals surface area contributed by atoms with E-state index in [2.05, 4.69) is 17.2 Å².